The van der Waals surface area contributed by atoms with Crippen molar-refractivity contribution in [2.24, 2.45) is 0 Å². The molecule has 0 spiro atoms. The highest BCUT2D eigenvalue weighted by atomic mass is 79.9. The molecule has 1 heterocycles. The lowest BCUT2D eigenvalue weighted by atomic mass is 10.2. The third kappa shape index (κ3) is 2.94. The molecule has 1 nitrogen and oxygen atoms in total. The van der Waals surface area contributed by atoms with E-state index >= 15 is 0 Å². The van der Waals surface area contributed by atoms with Crippen LogP contribution in [0.5, 0.6) is 0 Å². The SMILES string of the molecule is Cc1nc(-c2ccc(Cl)cc2Cl)cs1.[Br-]. The molecular formula is C10H7BrCl2NS-. The number of benzene rings is 1. The van der Waals surface area contributed by atoms with E-state index in [2.05, 4.69) is 4.98 Å². The van der Waals surface area contributed by atoms with Gasteiger partial charge in [-0.1, -0.05) is 23.2 Å². The number of thiazole rings is 1. The summed E-state index contributed by atoms with van der Waals surface area (Å²) in [4.78, 5) is 4.36. The number of nitrogens with zero attached hydrogens (tertiary/aromatic N) is 1. The van der Waals surface area contributed by atoms with E-state index in [4.69, 9.17) is 23.2 Å². The van der Waals surface area contributed by atoms with Crippen LogP contribution in [-0.4, -0.2) is 4.98 Å². The van der Waals surface area contributed by atoms with Crippen LogP contribution in [0.2, 0.25) is 10.0 Å². The number of rotatable bonds is 1. The van der Waals surface area contributed by atoms with Crippen molar-refractivity contribution in [3.05, 3.63) is 38.6 Å². The second kappa shape index (κ2) is 5.30. The molecule has 0 aliphatic heterocycles. The van der Waals surface area contributed by atoms with Crippen LogP contribution >= 0.6 is 34.5 Å². The normalized spacial score (nSPS) is 9.80. The predicted molar refractivity (Wildman–Crippen MR) is 62.3 cm³/mol. The average Bonchev–Trinajstić information content (AvgIpc) is 2.51. The number of aryl methyl sites for hydroxylation is 1. The molecule has 5 heteroatoms. The van der Waals surface area contributed by atoms with Crippen LogP contribution in [0.3, 0.4) is 0 Å². The van der Waals surface area contributed by atoms with Crippen molar-refractivity contribution in [1.29, 1.82) is 0 Å². The molecule has 1 aromatic carbocycles. The van der Waals surface area contributed by atoms with Crippen LogP contribution in [0.4, 0.5) is 0 Å². The van der Waals surface area contributed by atoms with Gasteiger partial charge in [0.25, 0.3) is 0 Å². The van der Waals surface area contributed by atoms with Crippen molar-refractivity contribution in [3.8, 4) is 11.3 Å². The zero-order valence-electron chi connectivity index (χ0n) is 7.80. The molecule has 0 radical (unpaired) electrons. The van der Waals surface area contributed by atoms with Gasteiger partial charge in [0.1, 0.15) is 0 Å². The monoisotopic (exact) mass is 322 g/mol. The molecule has 0 aliphatic carbocycles. The lowest BCUT2D eigenvalue weighted by Gasteiger charge is -2.00. The molecule has 0 saturated carbocycles. The van der Waals surface area contributed by atoms with Crippen LogP contribution < -0.4 is 17.0 Å². The fourth-order valence-electron chi connectivity index (χ4n) is 1.18. The van der Waals surface area contributed by atoms with E-state index in [0.29, 0.717) is 10.0 Å². The van der Waals surface area contributed by atoms with Crippen LogP contribution in [0.1, 0.15) is 5.01 Å². The van der Waals surface area contributed by atoms with Gasteiger partial charge in [-0.2, -0.15) is 0 Å². The Balaban J connectivity index is 0.00000112. The van der Waals surface area contributed by atoms with E-state index in [1.807, 2.05) is 24.4 Å². The minimum absolute atomic E-state index is 0. The van der Waals surface area contributed by atoms with Crippen molar-refractivity contribution in [1.82, 2.24) is 4.98 Å². The van der Waals surface area contributed by atoms with Crippen molar-refractivity contribution in [2.75, 3.05) is 0 Å². The summed E-state index contributed by atoms with van der Waals surface area (Å²) in [6.07, 6.45) is 0. The van der Waals surface area contributed by atoms with Gasteiger partial charge in [-0.15, -0.1) is 11.3 Å². The molecule has 2 rings (SSSR count). The van der Waals surface area contributed by atoms with Gasteiger partial charge in [-0.05, 0) is 25.1 Å². The number of hydrogen-bond acceptors (Lipinski definition) is 2. The Morgan fingerprint density at radius 1 is 1.27 bits per heavy atom. The molecule has 0 unspecified atom stereocenters. The summed E-state index contributed by atoms with van der Waals surface area (Å²) in [5.41, 5.74) is 1.84. The number of halogens is 3. The molecule has 80 valence electrons. The van der Waals surface area contributed by atoms with Gasteiger partial charge in [0.05, 0.1) is 15.7 Å². The van der Waals surface area contributed by atoms with Crippen LogP contribution in [0.25, 0.3) is 11.3 Å². The molecule has 0 aliphatic rings. The van der Waals surface area contributed by atoms with Gasteiger partial charge in [0.2, 0.25) is 0 Å². The number of hydrogen-bond donors (Lipinski definition) is 0. The molecule has 0 bridgehead atoms. The Hall–Kier alpha value is -0.0900. The van der Waals surface area contributed by atoms with E-state index in [9.17, 15) is 0 Å². The van der Waals surface area contributed by atoms with Gasteiger partial charge in [-0.25, -0.2) is 4.98 Å². The average molecular weight is 324 g/mol. The van der Waals surface area contributed by atoms with Crippen LogP contribution in [0, 0.1) is 6.92 Å². The molecule has 0 N–H and O–H groups in total. The van der Waals surface area contributed by atoms with E-state index in [1.165, 1.54) is 0 Å². The first-order chi connectivity index (χ1) is 6.66. The Kier molecular flexibility index (Phi) is 4.59. The summed E-state index contributed by atoms with van der Waals surface area (Å²) in [6.45, 7) is 1.97. The molecule has 0 saturated heterocycles. The minimum Gasteiger partial charge on any atom is -1.00 e. The Bertz CT molecular complexity index is 470. The van der Waals surface area contributed by atoms with Gasteiger partial charge in [0, 0.05) is 16.0 Å². The second-order valence-corrected chi connectivity index (χ2v) is 4.78. The van der Waals surface area contributed by atoms with E-state index < -0.39 is 0 Å². The first-order valence-electron chi connectivity index (χ1n) is 4.04. The molecule has 2 aromatic rings. The fraction of sp³-hybridized carbons (Fsp3) is 0.100. The molecule has 1 aromatic heterocycles. The quantitative estimate of drug-likeness (QED) is 0.773. The first-order valence-corrected chi connectivity index (χ1v) is 5.68. The summed E-state index contributed by atoms with van der Waals surface area (Å²) < 4.78 is 0. The van der Waals surface area contributed by atoms with Crippen LogP contribution in [0.15, 0.2) is 23.6 Å². The highest BCUT2D eigenvalue weighted by Crippen LogP contribution is 2.30. The maximum atomic E-state index is 6.05. The molecule has 0 amide bonds. The molecule has 15 heavy (non-hydrogen) atoms. The largest absolute Gasteiger partial charge is 1.00 e. The lowest BCUT2D eigenvalue weighted by molar-refractivity contribution is -0.00000267. The standard InChI is InChI=1S/C10H7Cl2NS.BrH/c1-6-13-10(5-14-6)8-3-2-7(11)4-9(8)12;/h2-5H,1H3;1H/p-1. The highest BCUT2D eigenvalue weighted by Gasteiger charge is 2.06. The molecule has 0 atom stereocenters. The van der Waals surface area contributed by atoms with E-state index in [1.54, 1.807) is 17.4 Å². The van der Waals surface area contributed by atoms with Gasteiger partial charge >= 0.3 is 0 Å². The summed E-state index contributed by atoms with van der Waals surface area (Å²) in [5.74, 6) is 0. The minimum atomic E-state index is 0. The van der Waals surface area contributed by atoms with Crippen molar-refractivity contribution in [2.45, 2.75) is 6.92 Å². The third-order valence-electron chi connectivity index (χ3n) is 1.83. The fourth-order valence-corrected chi connectivity index (χ4v) is 2.30. The van der Waals surface area contributed by atoms with Gasteiger partial charge < -0.3 is 17.0 Å². The highest BCUT2D eigenvalue weighted by molar-refractivity contribution is 7.09. The first kappa shape index (κ1) is 13.0. The van der Waals surface area contributed by atoms with Crippen molar-refractivity contribution < 1.29 is 17.0 Å². The van der Waals surface area contributed by atoms with Crippen LogP contribution in [-0.2, 0) is 0 Å². The predicted octanol–water partition coefficient (Wildman–Crippen LogP) is 1.43. The second-order valence-electron chi connectivity index (χ2n) is 2.88. The van der Waals surface area contributed by atoms with Crippen molar-refractivity contribution in [3.63, 3.8) is 0 Å². The number of aromatic nitrogens is 1. The Morgan fingerprint density at radius 2 is 2.00 bits per heavy atom. The Morgan fingerprint density at radius 3 is 2.53 bits per heavy atom. The summed E-state index contributed by atoms with van der Waals surface area (Å²) in [6, 6.07) is 5.43. The van der Waals surface area contributed by atoms with Gasteiger partial charge in [0.15, 0.2) is 0 Å². The Labute approximate surface area is 113 Å². The lowest BCUT2D eigenvalue weighted by Crippen LogP contribution is -3.00. The maximum absolute atomic E-state index is 6.05. The van der Waals surface area contributed by atoms with E-state index in [0.717, 1.165) is 16.3 Å². The smallest absolute Gasteiger partial charge is 0.0901 e. The zero-order chi connectivity index (χ0) is 10.1. The third-order valence-corrected chi connectivity index (χ3v) is 3.15. The van der Waals surface area contributed by atoms with E-state index in [-0.39, 0.29) is 17.0 Å². The zero-order valence-corrected chi connectivity index (χ0v) is 11.7. The molecular weight excluding hydrogens is 317 g/mol. The summed E-state index contributed by atoms with van der Waals surface area (Å²) in [5, 5.41) is 4.31. The van der Waals surface area contributed by atoms with Gasteiger partial charge in [-0.3, -0.25) is 0 Å². The van der Waals surface area contributed by atoms with Crippen molar-refractivity contribution >= 4 is 34.5 Å². The maximum Gasteiger partial charge on any atom is 0.0901 e. The molecule has 0 fully saturated rings. The summed E-state index contributed by atoms with van der Waals surface area (Å²) >= 11 is 13.5. The summed E-state index contributed by atoms with van der Waals surface area (Å²) in [7, 11) is 0. The topological polar surface area (TPSA) is 12.9 Å².